The van der Waals surface area contributed by atoms with E-state index in [1.54, 1.807) is 6.08 Å². The van der Waals surface area contributed by atoms with Crippen LogP contribution in [-0.4, -0.2) is 46.9 Å². The molecule has 6 heteroatoms. The van der Waals surface area contributed by atoms with Gasteiger partial charge in [-0.05, 0) is 89.5 Å². The Bertz CT molecular complexity index is 1310. The van der Waals surface area contributed by atoms with Crippen LogP contribution in [0.4, 0.5) is 0 Å². The lowest BCUT2D eigenvalue weighted by molar-refractivity contribution is -0.148. The maximum atomic E-state index is 13.1. The topological polar surface area (TPSA) is 95.9 Å². The summed E-state index contributed by atoms with van der Waals surface area (Å²) >= 11 is 0. The minimum absolute atomic E-state index is 0.0765. The van der Waals surface area contributed by atoms with E-state index in [2.05, 4.69) is 135 Å². The third kappa shape index (κ3) is 42.7. The monoisotopic (exact) mass is 844 g/mol. The highest BCUT2D eigenvalue weighted by atomic mass is 16.5. The second-order valence-corrected chi connectivity index (χ2v) is 15.7. The van der Waals surface area contributed by atoms with Gasteiger partial charge in [-0.1, -0.05) is 207 Å². The number of hydrogen-bond acceptors (Lipinski definition) is 5. The fourth-order valence-corrected chi connectivity index (χ4v) is 6.43. The Hall–Kier alpha value is -3.74. The molecule has 0 spiro atoms. The van der Waals surface area contributed by atoms with Gasteiger partial charge in [-0.2, -0.15) is 0 Å². The van der Waals surface area contributed by atoms with E-state index in [0.717, 1.165) is 83.5 Å². The van der Waals surface area contributed by atoms with Crippen molar-refractivity contribution in [1.29, 1.82) is 0 Å². The number of nitrogens with one attached hydrogen (secondary N) is 1. The van der Waals surface area contributed by atoms with E-state index in [0.29, 0.717) is 19.3 Å². The molecule has 0 rings (SSSR count). The first-order valence-electron chi connectivity index (χ1n) is 24.3. The number of allylic oxidation sites excluding steroid dienone is 19. The molecule has 0 saturated heterocycles. The van der Waals surface area contributed by atoms with Gasteiger partial charge < -0.3 is 20.3 Å². The second-order valence-electron chi connectivity index (χ2n) is 15.7. The van der Waals surface area contributed by atoms with E-state index >= 15 is 0 Å². The van der Waals surface area contributed by atoms with Gasteiger partial charge in [-0.15, -0.1) is 0 Å². The first-order valence-corrected chi connectivity index (χ1v) is 24.3. The summed E-state index contributed by atoms with van der Waals surface area (Å²) in [7, 11) is 0. The van der Waals surface area contributed by atoms with Gasteiger partial charge in [0.15, 0.2) is 0 Å². The molecule has 61 heavy (non-hydrogen) atoms. The van der Waals surface area contributed by atoms with E-state index in [9.17, 15) is 19.8 Å². The number of unbranched alkanes of at least 4 members (excludes halogenated alkanes) is 11. The average Bonchev–Trinajstić information content (AvgIpc) is 3.25. The number of esters is 1. The standard InChI is InChI=1S/C55H89NO5/c1-4-7-10-13-16-19-22-24-26-27-28-30-33-36-39-42-45-48-55(60)61-51(46-43-40-37-34-32-29-25-23-20-17-14-11-8-5-2)49-54(59)56-52(50-57)53(58)47-44-41-38-35-31-21-18-15-12-9-6-3/h7-8,10-11,16-17,19-20,24-26,28-30,34,36-37,39,43,46,51-53,57-58H,4-6,9,12-15,18,21-23,27,31-33,35,38,40-42,44-45,47-50H2,1-3H3,(H,56,59)/b10-7-,11-8+,19-16-,20-17+,26-24-,29-25+,30-28-,37-34+,39-36-,46-43+. The molecule has 0 aromatic carbocycles. The van der Waals surface area contributed by atoms with Crippen molar-refractivity contribution in [3.8, 4) is 0 Å². The Morgan fingerprint density at radius 1 is 0.508 bits per heavy atom. The van der Waals surface area contributed by atoms with Crippen LogP contribution in [0.2, 0.25) is 0 Å². The molecular weight excluding hydrogens is 755 g/mol. The number of carbonyl (C=O) groups is 2. The van der Waals surface area contributed by atoms with Crippen LogP contribution in [0.25, 0.3) is 0 Å². The van der Waals surface area contributed by atoms with E-state index < -0.39 is 18.2 Å². The van der Waals surface area contributed by atoms with Crippen molar-refractivity contribution in [3.05, 3.63) is 122 Å². The molecule has 0 fully saturated rings. The Morgan fingerprint density at radius 2 is 0.902 bits per heavy atom. The number of ether oxygens (including phenoxy) is 1. The molecular formula is C55H89NO5. The molecule has 0 saturated carbocycles. The van der Waals surface area contributed by atoms with Gasteiger partial charge in [0.05, 0.1) is 25.2 Å². The van der Waals surface area contributed by atoms with E-state index in [1.807, 2.05) is 6.08 Å². The molecule has 0 aromatic rings. The van der Waals surface area contributed by atoms with E-state index in [4.69, 9.17) is 4.74 Å². The average molecular weight is 844 g/mol. The van der Waals surface area contributed by atoms with Gasteiger partial charge in [0.2, 0.25) is 5.91 Å². The smallest absolute Gasteiger partial charge is 0.306 e. The molecule has 344 valence electrons. The second kappa shape index (κ2) is 47.3. The molecule has 1 amide bonds. The van der Waals surface area contributed by atoms with Crippen LogP contribution < -0.4 is 5.32 Å². The number of aliphatic hydroxyl groups excluding tert-OH is 2. The first-order chi connectivity index (χ1) is 30.0. The number of amides is 1. The molecule has 3 unspecified atom stereocenters. The van der Waals surface area contributed by atoms with Crippen molar-refractivity contribution in [2.45, 2.75) is 206 Å². The maximum Gasteiger partial charge on any atom is 0.306 e. The lowest BCUT2D eigenvalue weighted by Gasteiger charge is -2.23. The fourth-order valence-electron chi connectivity index (χ4n) is 6.43. The molecule has 0 bridgehead atoms. The van der Waals surface area contributed by atoms with Crippen molar-refractivity contribution in [3.63, 3.8) is 0 Å². The lowest BCUT2D eigenvalue weighted by atomic mass is 10.0. The minimum Gasteiger partial charge on any atom is -0.458 e. The minimum atomic E-state index is -0.835. The van der Waals surface area contributed by atoms with Crippen LogP contribution in [0, 0.1) is 0 Å². The predicted octanol–water partition coefficient (Wildman–Crippen LogP) is 14.5. The normalized spacial score (nSPS) is 14.4. The van der Waals surface area contributed by atoms with E-state index in [1.165, 1.54) is 51.4 Å². The van der Waals surface area contributed by atoms with Crippen LogP contribution in [0.15, 0.2) is 122 Å². The Kier molecular flexibility index (Phi) is 44.4. The SMILES string of the molecule is CC/C=C\C/C=C\C/C=C\C/C=C\C/C=C\CCCC(=O)OC(/C=C/C/C=C/C/C=C/C/C=C/C/C=C/CC)CC(=O)NC(CO)C(O)CCCCCCCCCCCCC. The molecule has 3 atom stereocenters. The van der Waals surface area contributed by atoms with Crippen LogP contribution in [0.3, 0.4) is 0 Å². The van der Waals surface area contributed by atoms with Gasteiger partial charge in [0, 0.05) is 6.42 Å². The third-order valence-corrected chi connectivity index (χ3v) is 10.0. The van der Waals surface area contributed by atoms with Crippen molar-refractivity contribution >= 4 is 11.9 Å². The summed E-state index contributed by atoms with van der Waals surface area (Å²) in [4.78, 5) is 26.0. The van der Waals surface area contributed by atoms with Crippen molar-refractivity contribution < 1.29 is 24.5 Å². The molecule has 0 aliphatic heterocycles. The maximum absolute atomic E-state index is 13.1. The van der Waals surface area contributed by atoms with Gasteiger partial charge in [0.1, 0.15) is 6.10 Å². The summed E-state index contributed by atoms with van der Waals surface area (Å²) in [6.45, 7) is 6.17. The Labute approximate surface area is 374 Å². The summed E-state index contributed by atoms with van der Waals surface area (Å²) in [6, 6.07) is -0.760. The van der Waals surface area contributed by atoms with Crippen LogP contribution in [-0.2, 0) is 14.3 Å². The zero-order chi connectivity index (χ0) is 44.5. The molecule has 3 N–H and O–H groups in total. The van der Waals surface area contributed by atoms with E-state index in [-0.39, 0.29) is 31.3 Å². The Balaban J connectivity index is 4.88. The zero-order valence-corrected chi connectivity index (χ0v) is 39.0. The number of rotatable bonds is 41. The van der Waals surface area contributed by atoms with Crippen LogP contribution >= 0.6 is 0 Å². The quantitative estimate of drug-likeness (QED) is 0.0324. The van der Waals surface area contributed by atoms with Crippen LogP contribution in [0.5, 0.6) is 0 Å². The molecule has 0 aliphatic rings. The highest BCUT2D eigenvalue weighted by Gasteiger charge is 2.23. The van der Waals surface area contributed by atoms with Gasteiger partial charge in [-0.3, -0.25) is 9.59 Å². The summed E-state index contributed by atoms with van der Waals surface area (Å²) in [5.74, 6) is -0.712. The van der Waals surface area contributed by atoms with Crippen LogP contribution in [0.1, 0.15) is 188 Å². The fraction of sp³-hybridized carbons (Fsp3) is 0.600. The molecule has 6 nitrogen and oxygen atoms in total. The zero-order valence-electron chi connectivity index (χ0n) is 39.0. The molecule has 0 aromatic heterocycles. The molecule has 0 aliphatic carbocycles. The first kappa shape index (κ1) is 57.3. The largest absolute Gasteiger partial charge is 0.458 e. The number of hydrogen-bond donors (Lipinski definition) is 3. The summed E-state index contributed by atoms with van der Waals surface area (Å²) in [6.07, 6.45) is 65.8. The highest BCUT2D eigenvalue weighted by molar-refractivity contribution is 5.78. The number of aliphatic hydroxyl groups is 2. The summed E-state index contributed by atoms with van der Waals surface area (Å²) < 4.78 is 5.78. The molecule has 0 heterocycles. The Morgan fingerprint density at radius 3 is 1.33 bits per heavy atom. The van der Waals surface area contributed by atoms with Gasteiger partial charge >= 0.3 is 5.97 Å². The van der Waals surface area contributed by atoms with Gasteiger partial charge in [0.25, 0.3) is 0 Å². The summed E-state index contributed by atoms with van der Waals surface area (Å²) in [5, 5.41) is 23.6. The summed E-state index contributed by atoms with van der Waals surface area (Å²) in [5.41, 5.74) is 0. The third-order valence-electron chi connectivity index (χ3n) is 10.0. The lowest BCUT2D eigenvalue weighted by Crippen LogP contribution is -2.46. The number of carbonyl (C=O) groups excluding carboxylic acids is 2. The highest BCUT2D eigenvalue weighted by Crippen LogP contribution is 2.14. The van der Waals surface area contributed by atoms with Crippen molar-refractivity contribution in [1.82, 2.24) is 5.32 Å². The van der Waals surface area contributed by atoms with Gasteiger partial charge in [-0.25, -0.2) is 0 Å². The molecule has 0 radical (unpaired) electrons. The van der Waals surface area contributed by atoms with Crippen molar-refractivity contribution in [2.24, 2.45) is 0 Å². The predicted molar refractivity (Wildman–Crippen MR) is 263 cm³/mol. The van der Waals surface area contributed by atoms with Crippen molar-refractivity contribution in [2.75, 3.05) is 6.61 Å².